The second-order valence-electron chi connectivity index (χ2n) is 5.96. The molecule has 2 saturated heterocycles. The molecule has 4 nitrogen and oxygen atoms in total. The Morgan fingerprint density at radius 1 is 1.25 bits per heavy atom. The summed E-state index contributed by atoms with van der Waals surface area (Å²) in [6, 6.07) is 2.42. The maximum Gasteiger partial charge on any atom is 0.219 e. The first-order chi connectivity index (χ1) is 9.66. The summed E-state index contributed by atoms with van der Waals surface area (Å²) in [5.74, 6) is 1.27. The summed E-state index contributed by atoms with van der Waals surface area (Å²) in [5.41, 5.74) is 2.49. The van der Waals surface area contributed by atoms with Crippen LogP contribution in [0.5, 0.6) is 0 Å². The van der Waals surface area contributed by atoms with Gasteiger partial charge in [-0.2, -0.15) is 0 Å². The van der Waals surface area contributed by atoms with Gasteiger partial charge in [-0.05, 0) is 49.8 Å². The zero-order valence-corrected chi connectivity index (χ0v) is 12.4. The lowest BCUT2D eigenvalue weighted by Crippen LogP contribution is -2.28. The first-order valence-electron chi connectivity index (χ1n) is 7.65. The number of carbonyl (C=O) groups is 1. The Labute approximate surface area is 120 Å². The van der Waals surface area contributed by atoms with E-state index in [1.807, 2.05) is 11.1 Å². The number of likely N-dealkylation sites (tertiary alicyclic amines) is 1. The number of pyridine rings is 1. The lowest BCUT2D eigenvalue weighted by Gasteiger charge is -2.26. The molecule has 0 bridgehead atoms. The summed E-state index contributed by atoms with van der Waals surface area (Å²) < 4.78 is 0. The predicted molar refractivity (Wildman–Crippen MR) is 79.8 cm³/mol. The van der Waals surface area contributed by atoms with E-state index in [9.17, 15) is 4.79 Å². The fourth-order valence-corrected chi connectivity index (χ4v) is 3.49. The highest BCUT2D eigenvalue weighted by atomic mass is 16.2. The van der Waals surface area contributed by atoms with Gasteiger partial charge in [-0.25, -0.2) is 4.98 Å². The maximum absolute atomic E-state index is 11.7. The van der Waals surface area contributed by atoms with Gasteiger partial charge in [0.15, 0.2) is 0 Å². The summed E-state index contributed by atoms with van der Waals surface area (Å²) in [5, 5.41) is 0. The third-order valence-corrected chi connectivity index (χ3v) is 4.58. The van der Waals surface area contributed by atoms with Crippen molar-refractivity contribution in [3.63, 3.8) is 0 Å². The molecule has 0 radical (unpaired) electrons. The minimum absolute atomic E-state index is 0.176. The first kappa shape index (κ1) is 13.4. The Bertz CT molecular complexity index is 508. The van der Waals surface area contributed by atoms with Gasteiger partial charge >= 0.3 is 0 Å². The number of carbonyl (C=O) groups excluding carboxylic acids is 1. The highest BCUT2D eigenvalue weighted by Gasteiger charge is 2.29. The highest BCUT2D eigenvalue weighted by molar-refractivity contribution is 5.74. The molecule has 1 amide bonds. The van der Waals surface area contributed by atoms with Crippen LogP contribution in [0.25, 0.3) is 0 Å². The number of amides is 1. The maximum atomic E-state index is 11.7. The Hall–Kier alpha value is -1.58. The van der Waals surface area contributed by atoms with Crippen LogP contribution < -0.4 is 4.90 Å². The second-order valence-corrected chi connectivity index (χ2v) is 5.96. The molecule has 1 aromatic rings. The molecule has 1 aromatic heterocycles. The Balaban J connectivity index is 1.85. The molecule has 0 N–H and O–H groups in total. The van der Waals surface area contributed by atoms with Crippen molar-refractivity contribution in [2.75, 3.05) is 24.5 Å². The van der Waals surface area contributed by atoms with Crippen LogP contribution in [-0.4, -0.2) is 35.4 Å². The van der Waals surface area contributed by atoms with E-state index in [2.05, 4.69) is 22.9 Å². The van der Waals surface area contributed by atoms with Crippen molar-refractivity contribution >= 4 is 11.7 Å². The largest absolute Gasteiger partial charge is 0.357 e. The molecule has 1 atom stereocenters. The summed E-state index contributed by atoms with van der Waals surface area (Å²) in [7, 11) is 0. The number of hydrogen-bond acceptors (Lipinski definition) is 3. The van der Waals surface area contributed by atoms with Gasteiger partial charge in [0.1, 0.15) is 5.82 Å². The zero-order chi connectivity index (χ0) is 14.1. The molecule has 20 heavy (non-hydrogen) atoms. The smallest absolute Gasteiger partial charge is 0.219 e. The number of nitrogens with zero attached hydrogens (tertiary/aromatic N) is 3. The van der Waals surface area contributed by atoms with Gasteiger partial charge in [-0.15, -0.1) is 0 Å². The van der Waals surface area contributed by atoms with Crippen LogP contribution in [0.4, 0.5) is 5.82 Å². The highest BCUT2D eigenvalue weighted by Crippen LogP contribution is 2.34. The SMILES string of the molecule is CC(=O)N1CCC[C@@H]1c1cnc(N2CCCC2)cc1C. The average Bonchev–Trinajstić information content (AvgIpc) is 3.10. The quantitative estimate of drug-likeness (QED) is 0.831. The van der Waals surface area contributed by atoms with Crippen LogP contribution in [0.1, 0.15) is 49.8 Å². The molecule has 2 fully saturated rings. The van der Waals surface area contributed by atoms with Crippen LogP contribution in [0.3, 0.4) is 0 Å². The van der Waals surface area contributed by atoms with Crippen LogP contribution in [-0.2, 0) is 4.79 Å². The first-order valence-corrected chi connectivity index (χ1v) is 7.65. The van der Waals surface area contributed by atoms with Gasteiger partial charge in [0.25, 0.3) is 0 Å². The van der Waals surface area contributed by atoms with E-state index >= 15 is 0 Å². The average molecular weight is 273 g/mol. The van der Waals surface area contributed by atoms with Crippen molar-refractivity contribution in [2.24, 2.45) is 0 Å². The second kappa shape index (κ2) is 5.43. The van der Waals surface area contributed by atoms with Gasteiger partial charge in [0, 0.05) is 32.8 Å². The lowest BCUT2D eigenvalue weighted by molar-refractivity contribution is -0.129. The molecular formula is C16H23N3O. The van der Waals surface area contributed by atoms with Crippen molar-refractivity contribution < 1.29 is 4.79 Å². The summed E-state index contributed by atoms with van der Waals surface area (Å²) in [6.45, 7) is 6.93. The zero-order valence-electron chi connectivity index (χ0n) is 12.4. The van der Waals surface area contributed by atoms with Crippen molar-refractivity contribution in [1.29, 1.82) is 0 Å². The van der Waals surface area contributed by atoms with Crippen LogP contribution in [0, 0.1) is 6.92 Å². The lowest BCUT2D eigenvalue weighted by atomic mass is 10.0. The monoisotopic (exact) mass is 273 g/mol. The molecule has 0 aromatic carbocycles. The van der Waals surface area contributed by atoms with E-state index < -0.39 is 0 Å². The minimum Gasteiger partial charge on any atom is -0.357 e. The molecule has 3 rings (SSSR count). The minimum atomic E-state index is 0.176. The summed E-state index contributed by atoms with van der Waals surface area (Å²) in [4.78, 5) is 20.7. The summed E-state index contributed by atoms with van der Waals surface area (Å²) >= 11 is 0. The van der Waals surface area contributed by atoms with E-state index in [4.69, 9.17) is 0 Å². The van der Waals surface area contributed by atoms with Crippen molar-refractivity contribution in [3.8, 4) is 0 Å². The third-order valence-electron chi connectivity index (χ3n) is 4.58. The number of hydrogen-bond donors (Lipinski definition) is 0. The molecule has 2 aliphatic rings. The Morgan fingerprint density at radius 2 is 2.00 bits per heavy atom. The van der Waals surface area contributed by atoms with E-state index in [-0.39, 0.29) is 11.9 Å². The molecule has 3 heterocycles. The molecule has 108 valence electrons. The number of aryl methyl sites for hydroxylation is 1. The summed E-state index contributed by atoms with van der Waals surface area (Å²) in [6.07, 6.45) is 6.68. The van der Waals surface area contributed by atoms with Crippen LogP contribution in [0.2, 0.25) is 0 Å². The molecule has 0 saturated carbocycles. The van der Waals surface area contributed by atoms with Crippen LogP contribution >= 0.6 is 0 Å². The van der Waals surface area contributed by atoms with Gasteiger partial charge in [0.2, 0.25) is 5.91 Å². The fourth-order valence-electron chi connectivity index (χ4n) is 3.49. The normalized spacial score (nSPS) is 22.6. The van der Waals surface area contributed by atoms with Gasteiger partial charge < -0.3 is 9.80 Å². The van der Waals surface area contributed by atoms with E-state index in [1.165, 1.54) is 24.0 Å². The van der Waals surface area contributed by atoms with Crippen molar-refractivity contribution in [1.82, 2.24) is 9.88 Å². The molecule has 2 aliphatic heterocycles. The number of anilines is 1. The van der Waals surface area contributed by atoms with Crippen LogP contribution in [0.15, 0.2) is 12.3 Å². The number of rotatable bonds is 2. The Kier molecular flexibility index (Phi) is 3.64. The molecule has 0 aliphatic carbocycles. The van der Waals surface area contributed by atoms with E-state index in [0.29, 0.717) is 0 Å². The molecular weight excluding hydrogens is 250 g/mol. The molecule has 0 spiro atoms. The third kappa shape index (κ3) is 2.39. The fraction of sp³-hybridized carbons (Fsp3) is 0.625. The standard InChI is InChI=1S/C16H23N3O/c1-12-10-16(18-7-3-4-8-18)17-11-14(12)15-6-5-9-19(15)13(2)20/h10-11,15H,3-9H2,1-2H3/t15-/m1/s1. The topological polar surface area (TPSA) is 36.4 Å². The molecule has 4 heteroatoms. The van der Waals surface area contributed by atoms with E-state index in [1.54, 1.807) is 6.92 Å². The van der Waals surface area contributed by atoms with Crippen molar-refractivity contribution in [2.45, 2.75) is 45.6 Å². The van der Waals surface area contributed by atoms with Crippen molar-refractivity contribution in [3.05, 3.63) is 23.4 Å². The van der Waals surface area contributed by atoms with Gasteiger partial charge in [-0.1, -0.05) is 0 Å². The van der Waals surface area contributed by atoms with Gasteiger partial charge in [0.05, 0.1) is 6.04 Å². The van der Waals surface area contributed by atoms with E-state index in [0.717, 1.165) is 38.3 Å². The van der Waals surface area contributed by atoms with Gasteiger partial charge in [-0.3, -0.25) is 4.79 Å². The predicted octanol–water partition coefficient (Wildman–Crippen LogP) is 2.67. The molecule has 0 unspecified atom stereocenters. The Morgan fingerprint density at radius 3 is 2.65 bits per heavy atom. The number of aromatic nitrogens is 1.